The molecule has 0 spiro atoms. The van der Waals surface area contributed by atoms with Gasteiger partial charge in [0.2, 0.25) is 5.91 Å². The highest BCUT2D eigenvalue weighted by Gasteiger charge is 2.23. The van der Waals surface area contributed by atoms with Crippen LogP contribution in [0.1, 0.15) is 18.4 Å². The molecule has 1 saturated heterocycles. The molecule has 4 rings (SSSR count). The Balaban J connectivity index is 1.65. The van der Waals surface area contributed by atoms with Gasteiger partial charge in [-0.2, -0.15) is 5.10 Å². The third kappa shape index (κ3) is 4.11. The molecule has 0 unspecified atom stereocenters. The third-order valence-corrected chi connectivity index (χ3v) is 5.41. The predicted molar refractivity (Wildman–Crippen MR) is 112 cm³/mol. The Bertz CT molecular complexity index is 944. The number of nitrogens with two attached hydrogens (primary N) is 1. The molecule has 1 aliphatic rings. The number of para-hydroxylation sites is 1. The molecule has 1 amide bonds. The molecule has 0 radical (unpaired) electrons. The topological polar surface area (TPSA) is 64.2 Å². The SMILES string of the molecule is NC1CCN(C(=O)Cc2cn(-c3ccccc3)nc2-c2ccc(Cl)cc2)CC1. The minimum absolute atomic E-state index is 0.120. The van der Waals surface area contributed by atoms with Crippen LogP contribution in [0.3, 0.4) is 0 Å². The fraction of sp³-hybridized carbons (Fsp3) is 0.273. The number of hydrogen-bond donors (Lipinski definition) is 1. The monoisotopic (exact) mass is 394 g/mol. The molecule has 28 heavy (non-hydrogen) atoms. The van der Waals surface area contributed by atoms with Gasteiger partial charge in [-0.05, 0) is 37.1 Å². The highest BCUT2D eigenvalue weighted by atomic mass is 35.5. The fourth-order valence-electron chi connectivity index (χ4n) is 3.53. The molecule has 6 heteroatoms. The summed E-state index contributed by atoms with van der Waals surface area (Å²) in [4.78, 5) is 14.8. The second-order valence-electron chi connectivity index (χ2n) is 7.18. The number of carbonyl (C=O) groups excluding carboxylic acids is 1. The Morgan fingerprint density at radius 3 is 2.43 bits per heavy atom. The van der Waals surface area contributed by atoms with Crippen molar-refractivity contribution in [2.24, 2.45) is 5.73 Å². The van der Waals surface area contributed by atoms with Gasteiger partial charge < -0.3 is 10.6 Å². The predicted octanol–water partition coefficient (Wildman–Crippen LogP) is 3.68. The first-order valence-electron chi connectivity index (χ1n) is 9.53. The van der Waals surface area contributed by atoms with E-state index in [1.807, 2.05) is 70.4 Å². The average Bonchev–Trinajstić information content (AvgIpc) is 3.13. The molecule has 1 aromatic heterocycles. The molecule has 3 aromatic rings. The Morgan fingerprint density at radius 1 is 1.07 bits per heavy atom. The zero-order valence-electron chi connectivity index (χ0n) is 15.6. The van der Waals surface area contributed by atoms with Gasteiger partial charge in [-0.3, -0.25) is 4.79 Å². The first-order chi connectivity index (χ1) is 13.6. The van der Waals surface area contributed by atoms with E-state index in [0.29, 0.717) is 11.4 Å². The smallest absolute Gasteiger partial charge is 0.227 e. The Labute approximate surface area is 169 Å². The zero-order chi connectivity index (χ0) is 19.5. The maximum Gasteiger partial charge on any atom is 0.227 e. The lowest BCUT2D eigenvalue weighted by molar-refractivity contribution is -0.131. The van der Waals surface area contributed by atoms with Gasteiger partial charge in [0, 0.05) is 41.5 Å². The summed E-state index contributed by atoms with van der Waals surface area (Å²) < 4.78 is 1.83. The van der Waals surface area contributed by atoms with Crippen molar-refractivity contribution >= 4 is 17.5 Å². The van der Waals surface area contributed by atoms with E-state index in [1.54, 1.807) is 0 Å². The minimum Gasteiger partial charge on any atom is -0.342 e. The quantitative estimate of drug-likeness (QED) is 0.734. The van der Waals surface area contributed by atoms with Crippen molar-refractivity contribution in [1.29, 1.82) is 0 Å². The lowest BCUT2D eigenvalue weighted by Crippen LogP contribution is -2.43. The second kappa shape index (κ2) is 8.17. The first kappa shape index (κ1) is 18.7. The third-order valence-electron chi connectivity index (χ3n) is 5.16. The summed E-state index contributed by atoms with van der Waals surface area (Å²) in [7, 11) is 0. The van der Waals surface area contributed by atoms with E-state index in [2.05, 4.69) is 0 Å². The van der Waals surface area contributed by atoms with Gasteiger partial charge in [-0.15, -0.1) is 0 Å². The number of nitrogens with zero attached hydrogens (tertiary/aromatic N) is 3. The highest BCUT2D eigenvalue weighted by Crippen LogP contribution is 2.26. The van der Waals surface area contributed by atoms with Crippen molar-refractivity contribution in [1.82, 2.24) is 14.7 Å². The van der Waals surface area contributed by atoms with Crippen molar-refractivity contribution in [3.8, 4) is 16.9 Å². The van der Waals surface area contributed by atoms with Gasteiger partial charge in [0.1, 0.15) is 0 Å². The largest absolute Gasteiger partial charge is 0.342 e. The van der Waals surface area contributed by atoms with Gasteiger partial charge in [0.05, 0.1) is 17.8 Å². The number of halogens is 1. The summed E-state index contributed by atoms with van der Waals surface area (Å²) in [6, 6.07) is 17.7. The summed E-state index contributed by atoms with van der Waals surface area (Å²) >= 11 is 6.04. The summed E-state index contributed by atoms with van der Waals surface area (Å²) in [5, 5.41) is 5.45. The second-order valence-corrected chi connectivity index (χ2v) is 7.62. The molecule has 144 valence electrons. The number of rotatable bonds is 4. The van der Waals surface area contributed by atoms with Crippen LogP contribution in [0.5, 0.6) is 0 Å². The van der Waals surface area contributed by atoms with Crippen molar-refractivity contribution in [3.63, 3.8) is 0 Å². The van der Waals surface area contributed by atoms with E-state index in [4.69, 9.17) is 22.4 Å². The average molecular weight is 395 g/mol. The van der Waals surface area contributed by atoms with E-state index in [-0.39, 0.29) is 11.9 Å². The lowest BCUT2D eigenvalue weighted by atomic mass is 10.0. The van der Waals surface area contributed by atoms with E-state index in [1.165, 1.54) is 0 Å². The highest BCUT2D eigenvalue weighted by molar-refractivity contribution is 6.30. The van der Waals surface area contributed by atoms with E-state index in [9.17, 15) is 4.79 Å². The number of likely N-dealkylation sites (tertiary alicyclic amines) is 1. The molecule has 2 heterocycles. The van der Waals surface area contributed by atoms with Crippen molar-refractivity contribution in [2.75, 3.05) is 13.1 Å². The van der Waals surface area contributed by atoms with Gasteiger partial charge in [-0.25, -0.2) is 4.68 Å². The van der Waals surface area contributed by atoms with Crippen molar-refractivity contribution < 1.29 is 4.79 Å². The molecule has 2 aromatic carbocycles. The van der Waals surface area contributed by atoms with E-state index < -0.39 is 0 Å². The number of amides is 1. The summed E-state index contributed by atoms with van der Waals surface area (Å²) in [6.07, 6.45) is 3.99. The van der Waals surface area contributed by atoms with Crippen LogP contribution in [0.25, 0.3) is 16.9 Å². The van der Waals surface area contributed by atoms with Crippen LogP contribution in [0.4, 0.5) is 0 Å². The normalized spacial score (nSPS) is 15.0. The lowest BCUT2D eigenvalue weighted by Gasteiger charge is -2.30. The van der Waals surface area contributed by atoms with Gasteiger partial charge in [0.25, 0.3) is 0 Å². The van der Waals surface area contributed by atoms with Crippen molar-refractivity contribution in [2.45, 2.75) is 25.3 Å². The van der Waals surface area contributed by atoms with Crippen molar-refractivity contribution in [3.05, 3.63) is 71.4 Å². The molecule has 0 saturated carbocycles. The van der Waals surface area contributed by atoms with Crippen LogP contribution in [0.15, 0.2) is 60.8 Å². The minimum atomic E-state index is 0.120. The van der Waals surface area contributed by atoms with Gasteiger partial charge in [0.15, 0.2) is 0 Å². The molecular formula is C22H23ClN4O. The molecule has 1 aliphatic heterocycles. The van der Waals surface area contributed by atoms with E-state index in [0.717, 1.165) is 48.4 Å². The molecule has 0 aliphatic carbocycles. The summed E-state index contributed by atoms with van der Waals surface area (Å²) in [6.45, 7) is 1.45. The fourth-order valence-corrected chi connectivity index (χ4v) is 3.65. The zero-order valence-corrected chi connectivity index (χ0v) is 16.3. The maximum atomic E-state index is 12.9. The number of piperidine rings is 1. The van der Waals surface area contributed by atoms with Crippen LogP contribution < -0.4 is 5.73 Å². The molecule has 0 atom stereocenters. The summed E-state index contributed by atoms with van der Waals surface area (Å²) in [5.74, 6) is 0.120. The number of aromatic nitrogens is 2. The van der Waals surface area contributed by atoms with Crippen LogP contribution in [0.2, 0.25) is 5.02 Å². The summed E-state index contributed by atoms with van der Waals surface area (Å²) in [5.41, 5.74) is 9.59. The number of hydrogen-bond acceptors (Lipinski definition) is 3. The van der Waals surface area contributed by atoms with Crippen LogP contribution >= 0.6 is 11.6 Å². The Hall–Kier alpha value is -2.63. The molecule has 0 bridgehead atoms. The van der Waals surface area contributed by atoms with Gasteiger partial charge in [-0.1, -0.05) is 41.9 Å². The number of benzene rings is 2. The van der Waals surface area contributed by atoms with Crippen LogP contribution in [-0.4, -0.2) is 39.7 Å². The number of carbonyl (C=O) groups is 1. The maximum absolute atomic E-state index is 12.9. The molecule has 5 nitrogen and oxygen atoms in total. The Morgan fingerprint density at radius 2 is 1.75 bits per heavy atom. The standard InChI is InChI=1S/C22H23ClN4O/c23-18-8-6-16(7-9-18)22-17(14-21(28)26-12-10-19(24)11-13-26)15-27(25-22)20-4-2-1-3-5-20/h1-9,15,19H,10-14,24H2. The van der Waals surface area contributed by atoms with Crippen LogP contribution in [-0.2, 0) is 11.2 Å². The van der Waals surface area contributed by atoms with E-state index >= 15 is 0 Å². The molecule has 1 fully saturated rings. The molecular weight excluding hydrogens is 372 g/mol. The van der Waals surface area contributed by atoms with Crippen LogP contribution in [0, 0.1) is 0 Å². The molecule has 2 N–H and O–H groups in total. The Kier molecular flexibility index (Phi) is 5.46. The first-order valence-corrected chi connectivity index (χ1v) is 9.91. The van der Waals surface area contributed by atoms with Gasteiger partial charge >= 0.3 is 0 Å².